The van der Waals surface area contributed by atoms with Gasteiger partial charge in [0.25, 0.3) is 0 Å². The van der Waals surface area contributed by atoms with Gasteiger partial charge in [0.2, 0.25) is 0 Å². The van der Waals surface area contributed by atoms with Gasteiger partial charge in [0.05, 0.1) is 109 Å². The molecule has 0 spiro atoms. The Bertz CT molecular complexity index is 1600. The molecule has 7 saturated heterocycles. The van der Waals surface area contributed by atoms with E-state index in [1.54, 1.807) is 0 Å². The van der Waals surface area contributed by atoms with E-state index in [0.29, 0.717) is 43.6 Å². The minimum absolute atomic E-state index is 0.0604. The molecule has 0 aromatic carbocycles. The van der Waals surface area contributed by atoms with E-state index in [1.165, 1.54) is 0 Å². The van der Waals surface area contributed by atoms with Gasteiger partial charge in [-0.2, -0.15) is 0 Å². The maximum atomic E-state index is 11.2. The zero-order valence-electron chi connectivity index (χ0n) is 37.2. The van der Waals surface area contributed by atoms with Crippen LogP contribution in [0.4, 0.5) is 0 Å². The minimum atomic E-state index is -0.693. The smallest absolute Gasteiger partial charge is 0.145 e. The van der Waals surface area contributed by atoms with E-state index < -0.39 is 29.5 Å². The maximum Gasteiger partial charge on any atom is 0.145 e. The van der Waals surface area contributed by atoms with E-state index >= 15 is 0 Å². The third-order valence-electron chi connectivity index (χ3n) is 15.9. The third-order valence-corrected chi connectivity index (χ3v) is 15.9. The van der Waals surface area contributed by atoms with E-state index in [0.717, 1.165) is 70.5 Å². The van der Waals surface area contributed by atoms with Crippen molar-refractivity contribution in [3.05, 3.63) is 36.5 Å². The molecular formula is C49H74O12. The van der Waals surface area contributed by atoms with E-state index in [2.05, 4.69) is 65.5 Å². The second kappa shape index (κ2) is 18.4. The number of carbonyl (C=O) groups is 1. The van der Waals surface area contributed by atoms with Gasteiger partial charge in [-0.1, -0.05) is 51.7 Å². The SMILES string of the molecule is C=C(C=O)C[C@@H]1C[C@H](O)C2OC3C[C@]4(C)OC5/C=C\CC6OC7C(C/C=C\CC6OC5CCCC4OC3CC2O1)OC1CC2OC(CC)C(O)C[C@@H](C)C[C@@]2(C)OC1C[C@@H]7C. The molecule has 7 fully saturated rings. The molecular weight excluding hydrogens is 781 g/mol. The van der Waals surface area contributed by atoms with Crippen LogP contribution in [0.1, 0.15) is 131 Å². The van der Waals surface area contributed by atoms with Gasteiger partial charge < -0.3 is 52.8 Å². The van der Waals surface area contributed by atoms with Gasteiger partial charge in [-0.25, -0.2) is 0 Å². The molecule has 12 nitrogen and oxygen atoms in total. The van der Waals surface area contributed by atoms with Gasteiger partial charge >= 0.3 is 0 Å². The van der Waals surface area contributed by atoms with Gasteiger partial charge in [0, 0.05) is 32.1 Å². The first-order chi connectivity index (χ1) is 29.3. The Morgan fingerprint density at radius 2 is 1.39 bits per heavy atom. The maximum absolute atomic E-state index is 11.2. The second-order valence-corrected chi connectivity index (χ2v) is 20.9. The Morgan fingerprint density at radius 1 is 0.672 bits per heavy atom. The van der Waals surface area contributed by atoms with Crippen LogP contribution in [0.3, 0.4) is 0 Å². The summed E-state index contributed by atoms with van der Waals surface area (Å²) in [5, 5.41) is 22.2. The van der Waals surface area contributed by atoms with Gasteiger partial charge in [0.1, 0.15) is 18.5 Å². The zero-order valence-corrected chi connectivity index (χ0v) is 37.2. The molecule has 22 atom stereocenters. The van der Waals surface area contributed by atoms with Crippen LogP contribution in [0.15, 0.2) is 36.5 Å². The number of rotatable bonds is 4. The molecule has 2 N–H and O–H groups in total. The molecule has 0 saturated carbocycles. The predicted molar refractivity (Wildman–Crippen MR) is 226 cm³/mol. The lowest BCUT2D eigenvalue weighted by Gasteiger charge is -2.55. The molecule has 16 unspecified atom stereocenters. The monoisotopic (exact) mass is 855 g/mol. The number of aliphatic hydroxyl groups is 2. The van der Waals surface area contributed by atoms with Crippen LogP contribution in [0.5, 0.6) is 0 Å². The Kier molecular flexibility index (Phi) is 13.5. The summed E-state index contributed by atoms with van der Waals surface area (Å²) in [6.45, 7) is 14.8. The number of fused-ring (bicyclic) bond motifs is 8. The Hall–Kier alpha value is -1.55. The highest BCUT2D eigenvalue weighted by molar-refractivity contribution is 5.72. The van der Waals surface area contributed by atoms with E-state index in [4.69, 9.17) is 42.6 Å². The van der Waals surface area contributed by atoms with Crippen LogP contribution >= 0.6 is 0 Å². The summed E-state index contributed by atoms with van der Waals surface area (Å²) in [5.41, 5.74) is -0.589. The Labute approximate surface area is 363 Å². The van der Waals surface area contributed by atoms with Crippen LogP contribution in [0, 0.1) is 11.8 Å². The molecule has 61 heavy (non-hydrogen) atoms. The van der Waals surface area contributed by atoms with Crippen molar-refractivity contribution >= 4 is 6.29 Å². The molecule has 0 aliphatic carbocycles. The van der Waals surface area contributed by atoms with Gasteiger partial charge in [0.15, 0.2) is 0 Å². The van der Waals surface area contributed by atoms with Crippen molar-refractivity contribution in [2.75, 3.05) is 0 Å². The second-order valence-electron chi connectivity index (χ2n) is 20.9. The van der Waals surface area contributed by atoms with Gasteiger partial charge in [-0.15, -0.1) is 0 Å². The predicted octanol–water partition coefficient (Wildman–Crippen LogP) is 6.41. The largest absolute Gasteiger partial charge is 0.390 e. The molecule has 9 aliphatic rings. The van der Waals surface area contributed by atoms with Crippen LogP contribution in [-0.4, -0.2) is 138 Å². The standard InChI is InChI=1S/C49H74O12/c1-7-33-31(51)19-27(2)24-48(5)45(56-33)23-40-41(61-48)20-29(4)46-38(55-40)13-9-8-12-34-35(58-46)14-10-16-37-36(54-34)15-11-17-44-49(6,60-37)25-43-39(57-44)22-42-47(59-43)32(52)21-30(53-42)18-28(3)26-50/h8-10,16,26-27,29-47,51-52H,3,7,11-15,17-25H2,1-2,4-6H3/b9-8-,16-10-/t27-,29+,30-,31?,32+,33?,34?,35?,36?,37?,38?,39?,40?,41?,42?,43?,44?,45?,46?,47?,48-,49+/m1/s1. The van der Waals surface area contributed by atoms with Crippen molar-refractivity contribution in [2.45, 2.75) is 252 Å². The molecule has 12 heteroatoms. The Morgan fingerprint density at radius 3 is 2.20 bits per heavy atom. The first-order valence-corrected chi connectivity index (χ1v) is 24.1. The lowest BCUT2D eigenvalue weighted by Crippen LogP contribution is -2.65. The summed E-state index contributed by atoms with van der Waals surface area (Å²) < 4.78 is 62.4. The summed E-state index contributed by atoms with van der Waals surface area (Å²) in [7, 11) is 0. The van der Waals surface area contributed by atoms with E-state index in [9.17, 15) is 15.0 Å². The van der Waals surface area contributed by atoms with E-state index in [-0.39, 0.29) is 97.5 Å². The highest BCUT2D eigenvalue weighted by atomic mass is 16.6. The Balaban J connectivity index is 0.877. The number of hydrogen-bond donors (Lipinski definition) is 2. The average Bonchev–Trinajstić information content (AvgIpc) is 3.25. The zero-order chi connectivity index (χ0) is 42.6. The van der Waals surface area contributed by atoms with Crippen molar-refractivity contribution in [1.82, 2.24) is 0 Å². The lowest BCUT2D eigenvalue weighted by molar-refractivity contribution is -0.316. The first-order valence-electron chi connectivity index (χ1n) is 24.1. The van der Waals surface area contributed by atoms with Crippen LogP contribution in [0.25, 0.3) is 0 Å². The molecule has 0 aromatic heterocycles. The summed E-state index contributed by atoms with van der Waals surface area (Å²) >= 11 is 0. The van der Waals surface area contributed by atoms with E-state index in [1.807, 2.05) is 0 Å². The fraction of sp³-hybridized carbons (Fsp3) is 0.857. The molecule has 9 aliphatic heterocycles. The average molecular weight is 855 g/mol. The topological polar surface area (TPSA) is 141 Å². The molecule has 0 radical (unpaired) electrons. The summed E-state index contributed by atoms with van der Waals surface area (Å²) in [5.74, 6) is 0.525. The fourth-order valence-electron chi connectivity index (χ4n) is 12.9. The summed E-state index contributed by atoms with van der Waals surface area (Å²) in [6, 6.07) is 0. The van der Waals surface area contributed by atoms with Gasteiger partial charge in [-0.05, 0) is 95.5 Å². The number of aldehydes is 1. The first kappa shape index (κ1) is 44.6. The third kappa shape index (κ3) is 9.31. The molecule has 0 bridgehead atoms. The molecule has 9 heterocycles. The highest BCUT2D eigenvalue weighted by Gasteiger charge is 2.56. The van der Waals surface area contributed by atoms with Crippen molar-refractivity contribution in [3.8, 4) is 0 Å². The highest BCUT2D eigenvalue weighted by Crippen LogP contribution is 2.48. The summed E-state index contributed by atoms with van der Waals surface area (Å²) in [4.78, 5) is 11.2. The molecule has 9 rings (SSSR count). The molecule has 0 amide bonds. The summed E-state index contributed by atoms with van der Waals surface area (Å²) in [6.07, 6.45) is 16.3. The number of carbonyl (C=O) groups excluding carboxylic acids is 1. The van der Waals surface area contributed by atoms with Crippen LogP contribution < -0.4 is 0 Å². The molecule has 342 valence electrons. The van der Waals surface area contributed by atoms with Crippen LogP contribution in [0.2, 0.25) is 0 Å². The van der Waals surface area contributed by atoms with Crippen molar-refractivity contribution in [1.29, 1.82) is 0 Å². The molecule has 0 aromatic rings. The van der Waals surface area contributed by atoms with Crippen molar-refractivity contribution in [3.63, 3.8) is 0 Å². The normalized spacial score (nSPS) is 53.7. The number of aliphatic hydroxyl groups excluding tert-OH is 2. The van der Waals surface area contributed by atoms with Gasteiger partial charge in [-0.3, -0.25) is 4.79 Å². The minimum Gasteiger partial charge on any atom is -0.390 e. The van der Waals surface area contributed by atoms with Crippen molar-refractivity contribution in [2.24, 2.45) is 11.8 Å². The lowest BCUT2D eigenvalue weighted by atomic mass is 9.78. The van der Waals surface area contributed by atoms with Crippen molar-refractivity contribution < 1.29 is 57.6 Å². The number of hydrogen-bond acceptors (Lipinski definition) is 12. The number of ether oxygens (including phenoxy) is 9. The van der Waals surface area contributed by atoms with Crippen LogP contribution in [-0.2, 0) is 47.4 Å². The fourth-order valence-corrected chi connectivity index (χ4v) is 12.9. The quantitative estimate of drug-likeness (QED) is 0.184.